The number of carbonyl (C=O) groups excluding carboxylic acids is 2. The third kappa shape index (κ3) is 6.76. The minimum atomic E-state index is -0.418. The Kier molecular flexibility index (Phi) is 8.15. The van der Waals surface area contributed by atoms with Gasteiger partial charge in [-0.05, 0) is 24.1 Å². The highest BCUT2D eigenvalue weighted by Crippen LogP contribution is 2.20. The summed E-state index contributed by atoms with van der Waals surface area (Å²) in [5, 5.41) is 6.04. The first-order valence-corrected chi connectivity index (χ1v) is 9.44. The molecule has 1 fully saturated rings. The van der Waals surface area contributed by atoms with Crippen molar-refractivity contribution in [3.05, 3.63) is 33.8 Å². The van der Waals surface area contributed by atoms with Crippen LogP contribution in [0.1, 0.15) is 24.2 Å². The van der Waals surface area contributed by atoms with Gasteiger partial charge in [-0.25, -0.2) is 0 Å². The van der Waals surface area contributed by atoms with Crippen molar-refractivity contribution in [2.24, 2.45) is 5.92 Å². The molecule has 26 heavy (non-hydrogen) atoms. The van der Waals surface area contributed by atoms with Crippen molar-refractivity contribution in [2.75, 3.05) is 39.3 Å². The number of rotatable bonds is 7. The molecule has 0 bridgehead atoms. The smallest absolute Gasteiger partial charge is 0.253 e. The molecule has 1 saturated heterocycles. The molecule has 2 N–H and O–H groups in total. The van der Waals surface area contributed by atoms with E-state index in [2.05, 4.69) is 29.4 Å². The second-order valence-electron chi connectivity index (χ2n) is 6.76. The highest BCUT2D eigenvalue weighted by Gasteiger charge is 2.21. The van der Waals surface area contributed by atoms with Crippen LogP contribution in [0.4, 0.5) is 0 Å². The van der Waals surface area contributed by atoms with Crippen LogP contribution < -0.4 is 10.6 Å². The summed E-state index contributed by atoms with van der Waals surface area (Å²) in [6.45, 7) is 8.06. The fourth-order valence-corrected chi connectivity index (χ4v) is 3.30. The van der Waals surface area contributed by atoms with Gasteiger partial charge in [-0.2, -0.15) is 0 Å². The number of nitrogens with zero attached hydrogens (tertiary/aromatic N) is 1. The van der Waals surface area contributed by atoms with Gasteiger partial charge < -0.3 is 15.4 Å². The van der Waals surface area contributed by atoms with Crippen LogP contribution in [0, 0.1) is 5.92 Å². The van der Waals surface area contributed by atoms with Crippen LogP contribution >= 0.6 is 23.2 Å². The van der Waals surface area contributed by atoms with Crippen molar-refractivity contribution in [3.63, 3.8) is 0 Å². The lowest BCUT2D eigenvalue weighted by atomic mass is 10.2. The molecule has 6 nitrogen and oxygen atoms in total. The molecule has 1 heterocycles. The van der Waals surface area contributed by atoms with Crippen molar-refractivity contribution in [3.8, 4) is 0 Å². The van der Waals surface area contributed by atoms with E-state index in [0.29, 0.717) is 24.1 Å². The molecule has 1 atom stereocenters. The first kappa shape index (κ1) is 21.0. The zero-order valence-electron chi connectivity index (χ0n) is 15.1. The molecule has 144 valence electrons. The Bertz CT molecular complexity index is 640. The fourth-order valence-electron chi connectivity index (χ4n) is 2.81. The number of morpholine rings is 1. The van der Waals surface area contributed by atoms with E-state index >= 15 is 0 Å². The van der Waals surface area contributed by atoms with Gasteiger partial charge in [0.15, 0.2) is 0 Å². The number of amides is 2. The van der Waals surface area contributed by atoms with Crippen molar-refractivity contribution in [1.82, 2.24) is 15.5 Å². The molecule has 8 heteroatoms. The predicted octanol–water partition coefficient (Wildman–Crippen LogP) is 2.20. The molecule has 1 aliphatic rings. The van der Waals surface area contributed by atoms with Gasteiger partial charge in [0.05, 0.1) is 29.8 Å². The Balaban J connectivity index is 1.72. The molecule has 0 aliphatic carbocycles. The van der Waals surface area contributed by atoms with E-state index in [9.17, 15) is 9.59 Å². The van der Waals surface area contributed by atoms with E-state index < -0.39 is 5.91 Å². The molecule has 1 unspecified atom stereocenters. The molecule has 1 aliphatic heterocycles. The molecule has 0 aromatic heterocycles. The summed E-state index contributed by atoms with van der Waals surface area (Å²) in [6, 6.07) is 4.59. The summed E-state index contributed by atoms with van der Waals surface area (Å²) in [6.07, 6.45) is -0.0344. The third-order valence-electron chi connectivity index (χ3n) is 3.96. The van der Waals surface area contributed by atoms with Crippen LogP contribution in [0.5, 0.6) is 0 Å². The summed E-state index contributed by atoms with van der Waals surface area (Å²) < 4.78 is 5.69. The molecule has 0 saturated carbocycles. The maximum Gasteiger partial charge on any atom is 0.253 e. The normalized spacial score (nSPS) is 18.0. The van der Waals surface area contributed by atoms with Crippen LogP contribution in [-0.4, -0.2) is 62.1 Å². The van der Waals surface area contributed by atoms with Crippen LogP contribution in [0.2, 0.25) is 10.0 Å². The van der Waals surface area contributed by atoms with Gasteiger partial charge >= 0.3 is 0 Å². The van der Waals surface area contributed by atoms with Crippen LogP contribution in [0.25, 0.3) is 0 Å². The minimum absolute atomic E-state index is 0.0344. The van der Waals surface area contributed by atoms with E-state index in [0.717, 1.165) is 19.6 Å². The van der Waals surface area contributed by atoms with Crippen molar-refractivity contribution < 1.29 is 14.3 Å². The quantitative estimate of drug-likeness (QED) is 0.734. The first-order valence-electron chi connectivity index (χ1n) is 8.69. The molecule has 1 aromatic carbocycles. The van der Waals surface area contributed by atoms with Gasteiger partial charge in [0, 0.05) is 31.2 Å². The Morgan fingerprint density at radius 3 is 2.77 bits per heavy atom. The van der Waals surface area contributed by atoms with E-state index in [1.807, 2.05) is 0 Å². The predicted molar refractivity (Wildman–Crippen MR) is 103 cm³/mol. The lowest BCUT2D eigenvalue weighted by molar-refractivity contribution is -0.121. The summed E-state index contributed by atoms with van der Waals surface area (Å²) in [5.74, 6) is -0.0925. The topological polar surface area (TPSA) is 70.7 Å². The second kappa shape index (κ2) is 10.1. The van der Waals surface area contributed by atoms with Gasteiger partial charge in [-0.1, -0.05) is 37.0 Å². The van der Waals surface area contributed by atoms with Gasteiger partial charge in [0.1, 0.15) is 0 Å². The monoisotopic (exact) mass is 401 g/mol. The minimum Gasteiger partial charge on any atom is -0.374 e. The molecule has 2 amide bonds. The van der Waals surface area contributed by atoms with Crippen LogP contribution in [0.15, 0.2) is 18.2 Å². The molecular formula is C18H25Cl2N3O3. The zero-order chi connectivity index (χ0) is 19.1. The average molecular weight is 402 g/mol. The Labute approximate surface area is 164 Å². The zero-order valence-corrected chi connectivity index (χ0v) is 16.6. The Morgan fingerprint density at radius 2 is 2.08 bits per heavy atom. The number of carbonyl (C=O) groups is 2. The van der Waals surface area contributed by atoms with Crippen LogP contribution in [-0.2, 0) is 9.53 Å². The lowest BCUT2D eigenvalue weighted by Gasteiger charge is -2.33. The largest absolute Gasteiger partial charge is 0.374 e. The van der Waals surface area contributed by atoms with Gasteiger partial charge in [0.2, 0.25) is 5.91 Å². The molecule has 1 aromatic rings. The van der Waals surface area contributed by atoms with Gasteiger partial charge in [-0.15, -0.1) is 0 Å². The van der Waals surface area contributed by atoms with Gasteiger partial charge in [0.25, 0.3) is 5.91 Å². The Hall–Kier alpha value is -1.34. The highest BCUT2D eigenvalue weighted by molar-refractivity contribution is 6.36. The van der Waals surface area contributed by atoms with E-state index in [1.54, 1.807) is 6.07 Å². The van der Waals surface area contributed by atoms with Gasteiger partial charge in [-0.3, -0.25) is 14.5 Å². The number of ether oxygens (including phenoxy) is 1. The SMILES string of the molecule is CC(C)CN1CCOC(CNC(=O)CNC(=O)c2ccc(Cl)cc2Cl)C1. The van der Waals surface area contributed by atoms with E-state index in [1.165, 1.54) is 12.1 Å². The van der Waals surface area contributed by atoms with Crippen molar-refractivity contribution in [2.45, 2.75) is 20.0 Å². The third-order valence-corrected chi connectivity index (χ3v) is 4.51. The van der Waals surface area contributed by atoms with Crippen molar-refractivity contribution >= 4 is 35.0 Å². The number of hydrogen-bond donors (Lipinski definition) is 2. The summed E-state index contributed by atoms with van der Waals surface area (Å²) >= 11 is 11.8. The Morgan fingerprint density at radius 1 is 1.31 bits per heavy atom. The number of halogens is 2. The molecule has 0 radical (unpaired) electrons. The summed E-state index contributed by atoms with van der Waals surface area (Å²) in [4.78, 5) is 26.4. The standard InChI is InChI=1S/C18H25Cl2N3O3/c1-12(2)10-23-5-6-26-14(11-23)8-21-17(24)9-22-18(25)15-4-3-13(19)7-16(15)20/h3-4,7,12,14H,5-6,8-11H2,1-2H3,(H,21,24)(H,22,25). The summed E-state index contributed by atoms with van der Waals surface area (Å²) in [5.41, 5.74) is 0.281. The van der Waals surface area contributed by atoms with Crippen LogP contribution in [0.3, 0.4) is 0 Å². The number of benzene rings is 1. The first-order chi connectivity index (χ1) is 12.3. The number of nitrogens with one attached hydrogen (secondary N) is 2. The highest BCUT2D eigenvalue weighted by atomic mass is 35.5. The second-order valence-corrected chi connectivity index (χ2v) is 7.60. The average Bonchev–Trinajstić information content (AvgIpc) is 2.57. The maximum atomic E-state index is 12.1. The van der Waals surface area contributed by atoms with E-state index in [-0.39, 0.29) is 29.1 Å². The maximum absolute atomic E-state index is 12.1. The molecule has 0 spiro atoms. The molecular weight excluding hydrogens is 377 g/mol. The molecule has 2 rings (SSSR count). The summed E-state index contributed by atoms with van der Waals surface area (Å²) in [7, 11) is 0. The lowest BCUT2D eigenvalue weighted by Crippen LogP contribution is -2.49. The van der Waals surface area contributed by atoms with E-state index in [4.69, 9.17) is 27.9 Å². The van der Waals surface area contributed by atoms with Crippen molar-refractivity contribution in [1.29, 1.82) is 0 Å². The number of hydrogen-bond acceptors (Lipinski definition) is 4. The fraction of sp³-hybridized carbons (Fsp3) is 0.556.